The van der Waals surface area contributed by atoms with Crippen LogP contribution >= 0.6 is 23.4 Å². The molecule has 0 radical (unpaired) electrons. The molecule has 0 spiro atoms. The molecule has 0 saturated carbocycles. The van der Waals surface area contributed by atoms with Crippen molar-refractivity contribution in [2.45, 2.75) is 31.2 Å². The summed E-state index contributed by atoms with van der Waals surface area (Å²) in [6.07, 6.45) is 3.32. The number of nitrogens with one attached hydrogen (secondary N) is 1. The van der Waals surface area contributed by atoms with Crippen molar-refractivity contribution in [3.05, 3.63) is 53.1 Å². The van der Waals surface area contributed by atoms with Gasteiger partial charge >= 0.3 is 0 Å². The van der Waals surface area contributed by atoms with Crippen molar-refractivity contribution >= 4 is 50.7 Å². The summed E-state index contributed by atoms with van der Waals surface area (Å²) in [6.45, 7) is 3.61. The van der Waals surface area contributed by atoms with Crippen molar-refractivity contribution in [2.24, 2.45) is 0 Å². The zero-order valence-electron chi connectivity index (χ0n) is 15.7. The largest absolute Gasteiger partial charge is 0.323 e. The van der Waals surface area contributed by atoms with Gasteiger partial charge in [-0.15, -0.1) is 11.8 Å². The van der Waals surface area contributed by atoms with Gasteiger partial charge in [-0.3, -0.25) is 9.10 Å². The van der Waals surface area contributed by atoms with Gasteiger partial charge in [0.2, 0.25) is 15.9 Å². The van der Waals surface area contributed by atoms with Crippen molar-refractivity contribution < 1.29 is 13.2 Å². The van der Waals surface area contributed by atoms with Crippen LogP contribution in [0.1, 0.15) is 18.9 Å². The van der Waals surface area contributed by atoms with Crippen molar-refractivity contribution in [1.29, 1.82) is 0 Å². The average Bonchev–Trinajstić information content (AvgIpc) is 2.61. The number of sulfonamides is 1. The standard InChI is InChI=1S/C19H23ClN2O3S2/c1-5-17(19(23)21-16-8-6-7-9-18(16)26-3)22(27(4,24)25)14-11-10-13(2)15(20)12-14/h6-12,17H,5H2,1-4H3,(H,21,23). The second kappa shape index (κ2) is 8.99. The number of para-hydroxylation sites is 1. The van der Waals surface area contributed by atoms with Crippen LogP contribution in [0.15, 0.2) is 47.4 Å². The van der Waals surface area contributed by atoms with Gasteiger partial charge in [-0.2, -0.15) is 0 Å². The third-order valence-corrected chi connectivity index (χ3v) is 6.49. The highest BCUT2D eigenvalue weighted by molar-refractivity contribution is 7.98. The molecule has 2 aromatic carbocycles. The Morgan fingerprint density at radius 2 is 1.93 bits per heavy atom. The number of benzene rings is 2. The first-order chi connectivity index (χ1) is 12.7. The Kier molecular flexibility index (Phi) is 7.19. The predicted octanol–water partition coefficient (Wildman–Crippen LogP) is 4.55. The molecule has 0 saturated heterocycles. The number of hydrogen-bond donors (Lipinski definition) is 1. The number of carbonyl (C=O) groups is 1. The highest BCUT2D eigenvalue weighted by Crippen LogP contribution is 2.29. The monoisotopic (exact) mass is 426 g/mol. The van der Waals surface area contributed by atoms with Gasteiger partial charge in [-0.25, -0.2) is 8.42 Å². The smallest absolute Gasteiger partial charge is 0.248 e. The quantitative estimate of drug-likeness (QED) is 0.659. The minimum Gasteiger partial charge on any atom is -0.323 e. The van der Waals surface area contributed by atoms with Crippen LogP contribution in [0, 0.1) is 6.92 Å². The molecule has 1 amide bonds. The molecule has 0 heterocycles. The normalized spacial score (nSPS) is 12.5. The molecule has 0 aliphatic carbocycles. The maximum Gasteiger partial charge on any atom is 0.248 e. The second-order valence-electron chi connectivity index (χ2n) is 6.11. The predicted molar refractivity (Wildman–Crippen MR) is 114 cm³/mol. The number of amides is 1. The molecule has 2 aromatic rings. The van der Waals surface area contributed by atoms with Gasteiger partial charge in [0.1, 0.15) is 6.04 Å². The molecular formula is C19H23ClN2O3S2. The lowest BCUT2D eigenvalue weighted by Gasteiger charge is -2.30. The van der Waals surface area contributed by atoms with Gasteiger partial charge in [0.05, 0.1) is 17.6 Å². The highest BCUT2D eigenvalue weighted by Gasteiger charge is 2.32. The van der Waals surface area contributed by atoms with Crippen LogP contribution < -0.4 is 9.62 Å². The number of aryl methyl sites for hydroxylation is 1. The summed E-state index contributed by atoms with van der Waals surface area (Å²) in [5, 5.41) is 3.31. The van der Waals surface area contributed by atoms with E-state index in [1.165, 1.54) is 11.8 Å². The molecule has 146 valence electrons. The third-order valence-electron chi connectivity index (χ3n) is 4.10. The first-order valence-electron chi connectivity index (χ1n) is 8.38. The fourth-order valence-corrected chi connectivity index (χ4v) is 4.68. The topological polar surface area (TPSA) is 66.5 Å². The zero-order valence-corrected chi connectivity index (χ0v) is 18.1. The van der Waals surface area contributed by atoms with Crippen molar-refractivity contribution in [3.8, 4) is 0 Å². The number of nitrogens with zero attached hydrogens (tertiary/aromatic N) is 1. The molecule has 5 nitrogen and oxygen atoms in total. The summed E-state index contributed by atoms with van der Waals surface area (Å²) in [7, 11) is -3.70. The van der Waals surface area contributed by atoms with Gasteiger partial charge in [0.15, 0.2) is 0 Å². The maximum atomic E-state index is 13.0. The van der Waals surface area contributed by atoms with E-state index in [1.807, 2.05) is 31.4 Å². The zero-order chi connectivity index (χ0) is 20.2. The van der Waals surface area contributed by atoms with Crippen LogP contribution in [0.5, 0.6) is 0 Å². The van der Waals surface area contributed by atoms with E-state index in [-0.39, 0.29) is 5.91 Å². The minimum absolute atomic E-state index is 0.311. The third kappa shape index (κ3) is 5.18. The molecule has 1 atom stereocenters. The molecular weight excluding hydrogens is 404 g/mol. The minimum atomic E-state index is -3.70. The van der Waals surface area contributed by atoms with E-state index in [0.717, 1.165) is 21.0 Å². The SMILES string of the molecule is CCC(C(=O)Nc1ccccc1SC)N(c1ccc(C)c(Cl)c1)S(C)(=O)=O. The summed E-state index contributed by atoms with van der Waals surface area (Å²) in [5.74, 6) is -0.388. The molecule has 1 N–H and O–H groups in total. The molecule has 0 aliphatic heterocycles. The molecule has 8 heteroatoms. The first kappa shape index (κ1) is 21.6. The van der Waals surface area contributed by atoms with Gasteiger partial charge in [0, 0.05) is 9.92 Å². The lowest BCUT2D eigenvalue weighted by molar-refractivity contribution is -0.117. The number of carbonyl (C=O) groups excluding carboxylic acids is 1. The van der Waals surface area contributed by atoms with E-state index in [1.54, 1.807) is 31.2 Å². The van der Waals surface area contributed by atoms with Gasteiger partial charge < -0.3 is 5.32 Å². The molecule has 27 heavy (non-hydrogen) atoms. The van der Waals surface area contributed by atoms with Crippen LogP contribution in [0.25, 0.3) is 0 Å². The Morgan fingerprint density at radius 3 is 2.48 bits per heavy atom. The van der Waals surface area contributed by atoms with Crippen LogP contribution in [0.2, 0.25) is 5.02 Å². The average molecular weight is 427 g/mol. The fraction of sp³-hybridized carbons (Fsp3) is 0.316. The van der Waals surface area contributed by atoms with E-state index in [4.69, 9.17) is 11.6 Å². The number of anilines is 2. The van der Waals surface area contributed by atoms with Gasteiger partial charge in [-0.05, 0) is 49.4 Å². The lowest BCUT2D eigenvalue weighted by Crippen LogP contribution is -2.47. The van der Waals surface area contributed by atoms with Crippen LogP contribution in [-0.4, -0.2) is 32.9 Å². The number of hydrogen-bond acceptors (Lipinski definition) is 4. The van der Waals surface area contributed by atoms with Gasteiger partial charge in [0.25, 0.3) is 0 Å². The van der Waals surface area contributed by atoms with E-state index >= 15 is 0 Å². The van der Waals surface area contributed by atoms with Crippen molar-refractivity contribution in [2.75, 3.05) is 22.1 Å². The Morgan fingerprint density at radius 1 is 1.26 bits per heavy atom. The summed E-state index contributed by atoms with van der Waals surface area (Å²) >= 11 is 7.69. The van der Waals surface area contributed by atoms with Crippen LogP contribution in [0.3, 0.4) is 0 Å². The Bertz CT molecular complexity index is 932. The molecule has 0 fully saturated rings. The van der Waals surface area contributed by atoms with E-state index in [9.17, 15) is 13.2 Å². The van der Waals surface area contributed by atoms with Gasteiger partial charge in [-0.1, -0.05) is 36.7 Å². The Balaban J connectivity index is 2.43. The van der Waals surface area contributed by atoms with E-state index in [0.29, 0.717) is 22.8 Å². The lowest BCUT2D eigenvalue weighted by atomic mass is 10.1. The fourth-order valence-electron chi connectivity index (χ4n) is 2.74. The van der Waals surface area contributed by atoms with Crippen LogP contribution in [0.4, 0.5) is 11.4 Å². The molecule has 1 unspecified atom stereocenters. The van der Waals surface area contributed by atoms with Crippen molar-refractivity contribution in [1.82, 2.24) is 0 Å². The highest BCUT2D eigenvalue weighted by atomic mass is 35.5. The maximum absolute atomic E-state index is 13.0. The summed E-state index contributed by atoms with van der Waals surface area (Å²) in [5.41, 5.74) is 1.86. The van der Waals surface area contributed by atoms with E-state index in [2.05, 4.69) is 5.32 Å². The Hall–Kier alpha value is -1.70. The number of rotatable bonds is 7. The molecule has 0 aliphatic rings. The number of thioether (sulfide) groups is 1. The first-order valence-corrected chi connectivity index (χ1v) is 11.8. The van der Waals surface area contributed by atoms with Crippen molar-refractivity contribution in [3.63, 3.8) is 0 Å². The summed E-state index contributed by atoms with van der Waals surface area (Å²) < 4.78 is 26.1. The second-order valence-corrected chi connectivity index (χ2v) is 9.22. The summed E-state index contributed by atoms with van der Waals surface area (Å²) in [4.78, 5) is 13.9. The van der Waals surface area contributed by atoms with Crippen LogP contribution in [-0.2, 0) is 14.8 Å². The summed E-state index contributed by atoms with van der Waals surface area (Å²) in [6, 6.07) is 11.5. The molecule has 0 bridgehead atoms. The molecule has 0 aromatic heterocycles. The van der Waals surface area contributed by atoms with E-state index < -0.39 is 16.1 Å². The Labute approximate surface area is 170 Å². The number of halogens is 1. The molecule has 2 rings (SSSR count).